The molecule has 1 aromatic rings. The lowest BCUT2D eigenvalue weighted by Crippen LogP contribution is -2.14. The highest BCUT2D eigenvalue weighted by molar-refractivity contribution is 5.36. The standard InChI is InChI=1S/C8H13N3O2/c9-7-6(3-1-2-4-12)5-10-8(13)11-7/h5,12H,1-4H2,(H3,9,10,11,13). The van der Waals surface area contributed by atoms with Gasteiger partial charge < -0.3 is 10.8 Å². The Hall–Kier alpha value is -1.36. The van der Waals surface area contributed by atoms with Crippen LogP contribution in [0.25, 0.3) is 0 Å². The van der Waals surface area contributed by atoms with Gasteiger partial charge in [0.1, 0.15) is 5.82 Å². The second-order valence-corrected chi connectivity index (χ2v) is 2.81. The maximum absolute atomic E-state index is 10.7. The molecule has 0 radical (unpaired) electrons. The van der Waals surface area contributed by atoms with Crippen LogP contribution in [-0.4, -0.2) is 21.7 Å². The highest BCUT2D eigenvalue weighted by atomic mass is 16.2. The first kappa shape index (κ1) is 9.73. The molecule has 4 N–H and O–H groups in total. The van der Waals surface area contributed by atoms with Crippen LogP contribution in [0.2, 0.25) is 0 Å². The highest BCUT2D eigenvalue weighted by Gasteiger charge is 1.99. The SMILES string of the molecule is Nc1[nH]c(=O)ncc1CCCCO. The smallest absolute Gasteiger partial charge is 0.346 e. The van der Waals surface area contributed by atoms with Gasteiger partial charge in [0.15, 0.2) is 0 Å². The Labute approximate surface area is 75.6 Å². The van der Waals surface area contributed by atoms with E-state index in [1.54, 1.807) is 0 Å². The summed E-state index contributed by atoms with van der Waals surface area (Å²) in [7, 11) is 0. The molecule has 0 bridgehead atoms. The van der Waals surface area contributed by atoms with Crippen LogP contribution in [0.1, 0.15) is 18.4 Å². The van der Waals surface area contributed by atoms with Crippen molar-refractivity contribution in [2.45, 2.75) is 19.3 Å². The average Bonchev–Trinajstić information content (AvgIpc) is 2.09. The lowest BCUT2D eigenvalue weighted by atomic mass is 10.1. The normalized spacial score (nSPS) is 10.2. The first-order valence-corrected chi connectivity index (χ1v) is 4.18. The van der Waals surface area contributed by atoms with Gasteiger partial charge in [-0.15, -0.1) is 0 Å². The van der Waals surface area contributed by atoms with Crippen molar-refractivity contribution in [3.05, 3.63) is 22.2 Å². The molecular weight excluding hydrogens is 170 g/mol. The number of nitrogens with one attached hydrogen (secondary N) is 1. The third-order valence-electron chi connectivity index (χ3n) is 1.78. The summed E-state index contributed by atoms with van der Waals surface area (Å²) in [6.45, 7) is 0.177. The van der Waals surface area contributed by atoms with E-state index in [1.807, 2.05) is 0 Å². The van der Waals surface area contributed by atoms with Crippen molar-refractivity contribution in [1.29, 1.82) is 0 Å². The number of anilines is 1. The quantitative estimate of drug-likeness (QED) is 0.557. The number of nitrogens with two attached hydrogens (primary N) is 1. The maximum Gasteiger partial charge on any atom is 0.346 e. The monoisotopic (exact) mass is 183 g/mol. The molecule has 1 heterocycles. The Balaban J connectivity index is 2.61. The summed E-state index contributed by atoms with van der Waals surface area (Å²) in [6.07, 6.45) is 3.79. The van der Waals surface area contributed by atoms with Crippen molar-refractivity contribution >= 4 is 5.82 Å². The van der Waals surface area contributed by atoms with Gasteiger partial charge in [0.05, 0.1) is 0 Å². The fourth-order valence-electron chi connectivity index (χ4n) is 1.06. The Kier molecular flexibility index (Phi) is 3.45. The van der Waals surface area contributed by atoms with Crippen molar-refractivity contribution in [1.82, 2.24) is 9.97 Å². The van der Waals surface area contributed by atoms with E-state index in [2.05, 4.69) is 9.97 Å². The van der Waals surface area contributed by atoms with Crippen molar-refractivity contribution in [2.24, 2.45) is 0 Å². The van der Waals surface area contributed by atoms with E-state index in [-0.39, 0.29) is 6.61 Å². The Morgan fingerprint density at radius 3 is 2.92 bits per heavy atom. The van der Waals surface area contributed by atoms with Crippen LogP contribution < -0.4 is 11.4 Å². The number of nitrogen functional groups attached to an aromatic ring is 1. The second kappa shape index (κ2) is 4.61. The molecule has 0 aliphatic carbocycles. The molecule has 0 aromatic carbocycles. The second-order valence-electron chi connectivity index (χ2n) is 2.81. The fourth-order valence-corrected chi connectivity index (χ4v) is 1.06. The third kappa shape index (κ3) is 2.87. The summed E-state index contributed by atoms with van der Waals surface area (Å²) in [5, 5.41) is 8.55. The molecule has 0 atom stereocenters. The van der Waals surface area contributed by atoms with Gasteiger partial charge in [-0.1, -0.05) is 0 Å². The van der Waals surface area contributed by atoms with E-state index < -0.39 is 5.69 Å². The number of aromatic nitrogens is 2. The number of aliphatic hydroxyl groups excluding tert-OH is 1. The molecule has 0 saturated carbocycles. The van der Waals surface area contributed by atoms with Gasteiger partial charge in [0.2, 0.25) is 0 Å². The summed E-state index contributed by atoms with van der Waals surface area (Å²) in [5.41, 5.74) is 5.95. The number of nitrogens with zero attached hydrogens (tertiary/aromatic N) is 1. The van der Waals surface area contributed by atoms with Gasteiger partial charge >= 0.3 is 5.69 Å². The Morgan fingerprint density at radius 2 is 2.31 bits per heavy atom. The molecule has 0 aliphatic heterocycles. The number of hydrogen-bond acceptors (Lipinski definition) is 4. The summed E-state index contributed by atoms with van der Waals surface area (Å²) >= 11 is 0. The lowest BCUT2D eigenvalue weighted by Gasteiger charge is -2.02. The van der Waals surface area contributed by atoms with E-state index in [0.717, 1.165) is 24.8 Å². The van der Waals surface area contributed by atoms with Gasteiger partial charge in [-0.05, 0) is 19.3 Å². The highest BCUT2D eigenvalue weighted by Crippen LogP contribution is 2.07. The molecule has 5 heteroatoms. The largest absolute Gasteiger partial charge is 0.396 e. The minimum absolute atomic E-state index is 0.177. The molecule has 0 saturated heterocycles. The van der Waals surface area contributed by atoms with E-state index in [4.69, 9.17) is 10.8 Å². The molecule has 72 valence electrons. The number of aryl methyl sites for hydroxylation is 1. The van der Waals surface area contributed by atoms with Crippen LogP contribution in [0, 0.1) is 0 Å². The first-order valence-electron chi connectivity index (χ1n) is 4.18. The summed E-state index contributed by atoms with van der Waals surface area (Å²) in [5.74, 6) is 0.373. The van der Waals surface area contributed by atoms with Gasteiger partial charge in [-0.25, -0.2) is 9.78 Å². The van der Waals surface area contributed by atoms with Gasteiger partial charge in [-0.2, -0.15) is 0 Å². The van der Waals surface area contributed by atoms with E-state index >= 15 is 0 Å². The molecule has 1 rings (SSSR count). The van der Waals surface area contributed by atoms with Crippen molar-refractivity contribution in [2.75, 3.05) is 12.3 Å². The van der Waals surface area contributed by atoms with Crippen molar-refractivity contribution in [3.8, 4) is 0 Å². The number of unbranched alkanes of at least 4 members (excludes halogenated alkanes) is 1. The fraction of sp³-hybridized carbons (Fsp3) is 0.500. The molecule has 0 unspecified atom stereocenters. The van der Waals surface area contributed by atoms with E-state index in [0.29, 0.717) is 5.82 Å². The Bertz CT molecular complexity index is 321. The summed E-state index contributed by atoms with van der Waals surface area (Å²) in [6, 6.07) is 0. The predicted octanol–water partition coefficient (Wildman–Crippen LogP) is -0.333. The van der Waals surface area contributed by atoms with Crippen LogP contribution in [-0.2, 0) is 6.42 Å². The minimum Gasteiger partial charge on any atom is -0.396 e. The molecule has 1 aromatic heterocycles. The van der Waals surface area contributed by atoms with Crippen LogP contribution >= 0.6 is 0 Å². The van der Waals surface area contributed by atoms with Gasteiger partial charge in [0, 0.05) is 18.4 Å². The summed E-state index contributed by atoms with van der Waals surface area (Å²) < 4.78 is 0. The zero-order valence-electron chi connectivity index (χ0n) is 7.29. The molecule has 0 spiro atoms. The molecular formula is C8H13N3O2. The Morgan fingerprint density at radius 1 is 1.54 bits per heavy atom. The molecule has 0 amide bonds. The molecule has 0 aliphatic rings. The van der Waals surface area contributed by atoms with Gasteiger partial charge in [-0.3, -0.25) is 4.98 Å². The number of H-pyrrole nitrogens is 1. The zero-order valence-corrected chi connectivity index (χ0v) is 7.29. The maximum atomic E-state index is 10.7. The van der Waals surface area contributed by atoms with E-state index in [1.165, 1.54) is 6.20 Å². The number of aromatic amines is 1. The molecule has 13 heavy (non-hydrogen) atoms. The zero-order chi connectivity index (χ0) is 9.68. The molecule has 5 nitrogen and oxygen atoms in total. The number of rotatable bonds is 4. The van der Waals surface area contributed by atoms with Crippen LogP contribution in [0.5, 0.6) is 0 Å². The van der Waals surface area contributed by atoms with Crippen molar-refractivity contribution in [3.63, 3.8) is 0 Å². The topological polar surface area (TPSA) is 92.0 Å². The number of aliphatic hydroxyl groups is 1. The third-order valence-corrected chi connectivity index (χ3v) is 1.78. The van der Waals surface area contributed by atoms with Crippen LogP contribution in [0.4, 0.5) is 5.82 Å². The first-order chi connectivity index (χ1) is 6.24. The number of hydrogen-bond donors (Lipinski definition) is 3. The molecule has 0 fully saturated rings. The predicted molar refractivity (Wildman–Crippen MR) is 49.3 cm³/mol. The summed E-state index contributed by atoms with van der Waals surface area (Å²) in [4.78, 5) is 16.7. The van der Waals surface area contributed by atoms with E-state index in [9.17, 15) is 4.79 Å². The minimum atomic E-state index is -0.427. The lowest BCUT2D eigenvalue weighted by molar-refractivity contribution is 0.284. The van der Waals surface area contributed by atoms with Gasteiger partial charge in [0.25, 0.3) is 0 Å². The van der Waals surface area contributed by atoms with Crippen LogP contribution in [0.15, 0.2) is 11.0 Å². The van der Waals surface area contributed by atoms with Crippen LogP contribution in [0.3, 0.4) is 0 Å². The van der Waals surface area contributed by atoms with Crippen molar-refractivity contribution < 1.29 is 5.11 Å². The average molecular weight is 183 g/mol.